The summed E-state index contributed by atoms with van der Waals surface area (Å²) in [7, 11) is 0. The Balaban J connectivity index is 1.19. The van der Waals surface area contributed by atoms with Crippen molar-refractivity contribution in [2.75, 3.05) is 0 Å². The third-order valence-corrected chi connectivity index (χ3v) is 11.7. The van der Waals surface area contributed by atoms with Crippen LogP contribution < -0.4 is 0 Å². The molecule has 2 aromatic heterocycles. The summed E-state index contributed by atoms with van der Waals surface area (Å²) in [4.78, 5) is 15.8. The van der Waals surface area contributed by atoms with Gasteiger partial charge in [-0.1, -0.05) is 178 Å². The van der Waals surface area contributed by atoms with E-state index >= 15 is 0 Å². The number of nitrogens with zero attached hydrogens (tertiary/aromatic N) is 4. The third kappa shape index (κ3) is 5.03. The SMILES string of the molecule is CC1(C)c2ccccc2-c2cc(-c3cccc4c5cc6ccccc6cc5n(-c5nc(-c6ccccc6)nc(-c6ccc(-c7ccccc7)cc6)n5)c34)ccc21. The smallest absolute Gasteiger partial charge is 0.238 e. The van der Waals surface area contributed by atoms with Crippen LogP contribution in [0.2, 0.25) is 0 Å². The topological polar surface area (TPSA) is 43.6 Å². The molecule has 264 valence electrons. The summed E-state index contributed by atoms with van der Waals surface area (Å²) in [6, 6.07) is 64.9. The standard InChI is InChI=1S/C52H36N4/c1-52(2)45-23-12-11-20-41(45)43-31-39(28-29-46(43)52)40-21-13-22-42-44-30-37-18-9-10-19-38(37)32-47(44)56(48(40)42)51-54-49(35-16-7-4-8-17-35)53-50(55-51)36-26-24-34(25-27-36)33-14-5-3-6-15-33/h3-32H,1-2H3. The molecule has 0 aliphatic heterocycles. The molecule has 0 saturated carbocycles. The number of hydrogen-bond donors (Lipinski definition) is 0. The zero-order valence-electron chi connectivity index (χ0n) is 31.1. The minimum absolute atomic E-state index is 0.0696. The number of benzene rings is 8. The number of hydrogen-bond acceptors (Lipinski definition) is 3. The molecule has 10 aromatic rings. The number of aromatic nitrogens is 4. The highest BCUT2D eigenvalue weighted by Gasteiger charge is 2.35. The van der Waals surface area contributed by atoms with Gasteiger partial charge in [0.1, 0.15) is 0 Å². The Morgan fingerprint density at radius 1 is 0.393 bits per heavy atom. The molecule has 4 heteroatoms. The molecule has 0 bridgehead atoms. The maximum atomic E-state index is 5.34. The second kappa shape index (κ2) is 12.4. The van der Waals surface area contributed by atoms with E-state index in [2.05, 4.69) is 176 Å². The minimum Gasteiger partial charge on any atom is -0.277 e. The summed E-state index contributed by atoms with van der Waals surface area (Å²) < 4.78 is 2.27. The van der Waals surface area contributed by atoms with Gasteiger partial charge in [-0.25, -0.2) is 4.98 Å². The Labute approximate surface area is 325 Å². The number of para-hydroxylation sites is 1. The maximum Gasteiger partial charge on any atom is 0.238 e. The first kappa shape index (κ1) is 32.3. The van der Waals surface area contributed by atoms with Crippen LogP contribution in [0.3, 0.4) is 0 Å². The van der Waals surface area contributed by atoms with Crippen LogP contribution in [0.25, 0.3) is 94.7 Å². The molecular weight excluding hydrogens is 681 g/mol. The van der Waals surface area contributed by atoms with E-state index < -0.39 is 0 Å². The molecular formula is C52H36N4. The van der Waals surface area contributed by atoms with Crippen LogP contribution in [-0.4, -0.2) is 19.5 Å². The van der Waals surface area contributed by atoms with Crippen molar-refractivity contribution in [3.05, 3.63) is 193 Å². The Kier molecular flexibility index (Phi) is 7.17. The Morgan fingerprint density at radius 2 is 0.946 bits per heavy atom. The van der Waals surface area contributed by atoms with Crippen molar-refractivity contribution in [3.8, 4) is 62.1 Å². The van der Waals surface area contributed by atoms with E-state index in [1.54, 1.807) is 0 Å². The van der Waals surface area contributed by atoms with Gasteiger partial charge in [-0.3, -0.25) is 4.57 Å². The van der Waals surface area contributed by atoms with E-state index in [9.17, 15) is 0 Å². The molecule has 56 heavy (non-hydrogen) atoms. The second-order valence-electron chi connectivity index (χ2n) is 15.3. The third-order valence-electron chi connectivity index (χ3n) is 11.7. The van der Waals surface area contributed by atoms with Crippen LogP contribution in [0.1, 0.15) is 25.0 Å². The van der Waals surface area contributed by atoms with Gasteiger partial charge in [0.2, 0.25) is 5.95 Å². The molecule has 0 spiro atoms. The van der Waals surface area contributed by atoms with E-state index in [1.807, 2.05) is 24.3 Å². The Bertz CT molecular complexity index is 3140. The average molecular weight is 717 g/mol. The van der Waals surface area contributed by atoms with E-state index in [1.165, 1.54) is 33.2 Å². The van der Waals surface area contributed by atoms with Gasteiger partial charge in [-0.15, -0.1) is 0 Å². The highest BCUT2D eigenvalue weighted by molar-refractivity contribution is 6.17. The van der Waals surface area contributed by atoms with Crippen LogP contribution in [-0.2, 0) is 5.41 Å². The fourth-order valence-electron chi connectivity index (χ4n) is 8.83. The van der Waals surface area contributed by atoms with E-state index in [-0.39, 0.29) is 5.41 Å². The molecule has 1 aliphatic rings. The summed E-state index contributed by atoms with van der Waals surface area (Å²) in [6.45, 7) is 4.66. The van der Waals surface area contributed by atoms with Crippen LogP contribution in [0, 0.1) is 0 Å². The summed E-state index contributed by atoms with van der Waals surface area (Å²) in [5, 5.41) is 4.67. The van der Waals surface area contributed by atoms with Crippen molar-refractivity contribution in [1.82, 2.24) is 19.5 Å². The lowest BCUT2D eigenvalue weighted by atomic mass is 9.82. The average Bonchev–Trinajstić information content (AvgIpc) is 3.70. The first-order valence-electron chi connectivity index (χ1n) is 19.2. The quantitative estimate of drug-likeness (QED) is 0.178. The van der Waals surface area contributed by atoms with Gasteiger partial charge in [0.15, 0.2) is 11.6 Å². The predicted molar refractivity (Wildman–Crippen MR) is 231 cm³/mol. The highest BCUT2D eigenvalue weighted by Crippen LogP contribution is 2.50. The second-order valence-corrected chi connectivity index (χ2v) is 15.3. The molecule has 1 aliphatic carbocycles. The van der Waals surface area contributed by atoms with Gasteiger partial charge in [0.25, 0.3) is 0 Å². The van der Waals surface area contributed by atoms with Gasteiger partial charge < -0.3 is 0 Å². The van der Waals surface area contributed by atoms with Gasteiger partial charge in [-0.05, 0) is 67.9 Å². The summed E-state index contributed by atoms with van der Waals surface area (Å²) in [5.41, 5.74) is 13.8. The molecule has 0 saturated heterocycles. The largest absolute Gasteiger partial charge is 0.277 e. The molecule has 0 radical (unpaired) electrons. The highest BCUT2D eigenvalue weighted by atomic mass is 15.2. The molecule has 2 heterocycles. The number of fused-ring (bicyclic) bond motifs is 7. The van der Waals surface area contributed by atoms with Crippen LogP contribution in [0.15, 0.2) is 182 Å². The van der Waals surface area contributed by atoms with Crippen molar-refractivity contribution < 1.29 is 0 Å². The Hall–Kier alpha value is -7.17. The van der Waals surface area contributed by atoms with Crippen molar-refractivity contribution in [2.24, 2.45) is 0 Å². The van der Waals surface area contributed by atoms with E-state index in [4.69, 9.17) is 15.0 Å². The molecule has 8 aromatic carbocycles. The summed E-state index contributed by atoms with van der Waals surface area (Å²) in [5.74, 6) is 1.83. The van der Waals surface area contributed by atoms with Crippen LogP contribution >= 0.6 is 0 Å². The lowest BCUT2D eigenvalue weighted by Crippen LogP contribution is -2.14. The van der Waals surface area contributed by atoms with Crippen molar-refractivity contribution in [3.63, 3.8) is 0 Å². The van der Waals surface area contributed by atoms with Gasteiger partial charge in [0.05, 0.1) is 11.0 Å². The molecule has 0 atom stereocenters. The normalized spacial score (nSPS) is 13.0. The molecule has 11 rings (SSSR count). The first-order chi connectivity index (χ1) is 27.5. The van der Waals surface area contributed by atoms with Gasteiger partial charge in [0, 0.05) is 32.9 Å². The summed E-state index contributed by atoms with van der Waals surface area (Å²) >= 11 is 0. The van der Waals surface area contributed by atoms with Crippen LogP contribution in [0.5, 0.6) is 0 Å². The molecule has 0 amide bonds. The fourth-order valence-corrected chi connectivity index (χ4v) is 8.83. The first-order valence-corrected chi connectivity index (χ1v) is 19.2. The molecule has 0 N–H and O–H groups in total. The van der Waals surface area contributed by atoms with Crippen LogP contribution in [0.4, 0.5) is 0 Å². The van der Waals surface area contributed by atoms with Crippen molar-refractivity contribution in [2.45, 2.75) is 19.3 Å². The lowest BCUT2D eigenvalue weighted by molar-refractivity contribution is 0.660. The molecule has 0 unspecified atom stereocenters. The van der Waals surface area contributed by atoms with E-state index in [0.717, 1.165) is 55.0 Å². The zero-order chi connectivity index (χ0) is 37.4. The van der Waals surface area contributed by atoms with Gasteiger partial charge in [-0.2, -0.15) is 9.97 Å². The molecule has 4 nitrogen and oxygen atoms in total. The zero-order valence-corrected chi connectivity index (χ0v) is 31.1. The number of rotatable bonds is 5. The van der Waals surface area contributed by atoms with Gasteiger partial charge >= 0.3 is 0 Å². The Morgan fingerprint density at radius 3 is 1.70 bits per heavy atom. The lowest BCUT2D eigenvalue weighted by Gasteiger charge is -2.21. The fraction of sp³-hybridized carbons (Fsp3) is 0.0577. The summed E-state index contributed by atoms with van der Waals surface area (Å²) in [6.07, 6.45) is 0. The predicted octanol–water partition coefficient (Wildman–Crippen LogP) is 13.1. The molecule has 0 fully saturated rings. The minimum atomic E-state index is -0.0696. The maximum absolute atomic E-state index is 5.34. The van der Waals surface area contributed by atoms with Crippen molar-refractivity contribution >= 4 is 32.6 Å². The monoisotopic (exact) mass is 716 g/mol. The van der Waals surface area contributed by atoms with Crippen molar-refractivity contribution in [1.29, 1.82) is 0 Å². The van der Waals surface area contributed by atoms with E-state index in [0.29, 0.717) is 17.6 Å².